The molecule has 0 aliphatic rings. The van der Waals surface area contributed by atoms with Crippen LogP contribution in [0.5, 0.6) is 0 Å². The van der Waals surface area contributed by atoms with Crippen LogP contribution >= 0.6 is 0 Å². The summed E-state index contributed by atoms with van der Waals surface area (Å²) in [6.45, 7) is 0. The van der Waals surface area contributed by atoms with Gasteiger partial charge in [-0.3, -0.25) is 0 Å². The van der Waals surface area contributed by atoms with Crippen molar-refractivity contribution < 1.29 is 8.83 Å². The summed E-state index contributed by atoms with van der Waals surface area (Å²) < 4.78 is 15.3. The minimum absolute atomic E-state index is 0.849. The number of furan rings is 2. The summed E-state index contributed by atoms with van der Waals surface area (Å²) in [7, 11) is 0. The van der Waals surface area contributed by atoms with Crippen molar-refractivity contribution in [2.75, 3.05) is 4.90 Å². The molecule has 280 valence electrons. The number of aromatic nitrogens is 1. The topological polar surface area (TPSA) is 33.9 Å². The predicted octanol–water partition coefficient (Wildman–Crippen LogP) is 16.0. The molecule has 9 aromatic carbocycles. The Hall–Kier alpha value is -8.08. The van der Waals surface area contributed by atoms with Gasteiger partial charge in [-0.15, -0.1) is 0 Å². The molecule has 0 aliphatic carbocycles. The first-order valence-electron chi connectivity index (χ1n) is 20.4. The van der Waals surface area contributed by atoms with Crippen LogP contribution in [0.25, 0.3) is 104 Å². The zero-order chi connectivity index (χ0) is 39.3. The van der Waals surface area contributed by atoms with E-state index in [1.807, 2.05) is 24.3 Å². The van der Waals surface area contributed by atoms with Crippen LogP contribution in [0.4, 0.5) is 17.1 Å². The molecule has 0 N–H and O–H groups in total. The van der Waals surface area contributed by atoms with Crippen LogP contribution < -0.4 is 4.90 Å². The monoisotopic (exact) mass is 766 g/mol. The number of pyridine rings is 1. The van der Waals surface area contributed by atoms with E-state index in [-0.39, 0.29) is 0 Å². The van der Waals surface area contributed by atoms with E-state index < -0.39 is 0 Å². The second-order valence-electron chi connectivity index (χ2n) is 15.6. The van der Waals surface area contributed by atoms with E-state index >= 15 is 0 Å². The van der Waals surface area contributed by atoms with Crippen molar-refractivity contribution in [3.8, 4) is 22.3 Å². The van der Waals surface area contributed by atoms with Gasteiger partial charge in [0.25, 0.3) is 0 Å². The number of benzene rings is 9. The molecule has 0 saturated heterocycles. The first-order chi connectivity index (χ1) is 29.8. The first kappa shape index (κ1) is 32.9. The third-order valence-electron chi connectivity index (χ3n) is 12.3. The average Bonchev–Trinajstić information content (AvgIpc) is 3.99. The third kappa shape index (κ3) is 4.79. The SMILES string of the molecule is c1ccc(-c2c3ccccc3n3c4cccc(-c5ccc(N(c6ccc7c(c6)oc6ccccc67)c6ccc7c(c6)oc6ccccc67)cc5)c4c4ccccc4c23)cc1. The minimum atomic E-state index is 0.849. The van der Waals surface area contributed by atoms with Crippen molar-refractivity contribution in [1.29, 1.82) is 0 Å². The number of nitrogens with zero attached hydrogens (tertiary/aromatic N) is 2. The smallest absolute Gasteiger partial charge is 0.137 e. The fraction of sp³-hybridized carbons (Fsp3) is 0. The van der Waals surface area contributed by atoms with E-state index in [0.29, 0.717) is 0 Å². The van der Waals surface area contributed by atoms with E-state index in [2.05, 4.69) is 191 Å². The van der Waals surface area contributed by atoms with Crippen molar-refractivity contribution >= 4 is 99.0 Å². The van der Waals surface area contributed by atoms with Gasteiger partial charge in [-0.05, 0) is 82.7 Å². The molecule has 4 nitrogen and oxygen atoms in total. The second-order valence-corrected chi connectivity index (χ2v) is 15.6. The highest BCUT2D eigenvalue weighted by atomic mass is 16.3. The van der Waals surface area contributed by atoms with E-state index in [1.165, 1.54) is 54.8 Å². The Morgan fingerprint density at radius 3 is 1.52 bits per heavy atom. The third-order valence-corrected chi connectivity index (χ3v) is 12.3. The highest BCUT2D eigenvalue weighted by Crippen LogP contribution is 2.46. The van der Waals surface area contributed by atoms with Crippen LogP contribution in [-0.2, 0) is 0 Å². The molecule has 0 unspecified atom stereocenters. The lowest BCUT2D eigenvalue weighted by atomic mass is 9.94. The molecule has 0 aliphatic heterocycles. The molecular weight excluding hydrogens is 733 g/mol. The van der Waals surface area contributed by atoms with E-state index in [4.69, 9.17) is 8.83 Å². The molecular formula is C56H34N2O2. The predicted molar refractivity (Wildman–Crippen MR) is 250 cm³/mol. The van der Waals surface area contributed by atoms with Gasteiger partial charge in [0, 0.05) is 72.5 Å². The molecule has 0 fully saturated rings. The molecule has 4 heteroatoms. The summed E-state index contributed by atoms with van der Waals surface area (Å²) in [6.07, 6.45) is 0. The van der Waals surface area contributed by atoms with Crippen molar-refractivity contribution in [1.82, 2.24) is 4.40 Å². The molecule has 0 spiro atoms. The van der Waals surface area contributed by atoms with Crippen LogP contribution in [0.15, 0.2) is 215 Å². The molecule has 0 atom stereocenters. The largest absolute Gasteiger partial charge is 0.456 e. The lowest BCUT2D eigenvalue weighted by Gasteiger charge is -2.25. The van der Waals surface area contributed by atoms with E-state index in [0.717, 1.165) is 66.5 Å². The molecule has 60 heavy (non-hydrogen) atoms. The zero-order valence-electron chi connectivity index (χ0n) is 32.3. The highest BCUT2D eigenvalue weighted by molar-refractivity contribution is 6.24. The highest BCUT2D eigenvalue weighted by Gasteiger charge is 2.22. The Kier molecular flexibility index (Phi) is 6.98. The van der Waals surface area contributed by atoms with Crippen molar-refractivity contribution in [2.24, 2.45) is 0 Å². The minimum Gasteiger partial charge on any atom is -0.456 e. The Morgan fingerprint density at radius 1 is 0.333 bits per heavy atom. The Morgan fingerprint density at radius 2 is 0.850 bits per heavy atom. The van der Waals surface area contributed by atoms with Crippen molar-refractivity contribution in [3.05, 3.63) is 206 Å². The summed E-state index contributed by atoms with van der Waals surface area (Å²) in [5.74, 6) is 0. The molecule has 0 bridgehead atoms. The molecule has 0 saturated carbocycles. The van der Waals surface area contributed by atoms with E-state index in [1.54, 1.807) is 0 Å². The maximum atomic E-state index is 6.41. The van der Waals surface area contributed by atoms with Gasteiger partial charge in [-0.25, -0.2) is 0 Å². The van der Waals surface area contributed by atoms with Gasteiger partial charge >= 0.3 is 0 Å². The van der Waals surface area contributed by atoms with Gasteiger partial charge in [0.05, 0.1) is 16.6 Å². The fourth-order valence-corrected chi connectivity index (χ4v) is 9.74. The number of para-hydroxylation sites is 3. The summed E-state index contributed by atoms with van der Waals surface area (Å²) in [5, 5.41) is 9.37. The van der Waals surface area contributed by atoms with Crippen molar-refractivity contribution in [2.45, 2.75) is 0 Å². The lowest BCUT2D eigenvalue weighted by Crippen LogP contribution is -2.09. The molecule has 4 heterocycles. The first-order valence-corrected chi connectivity index (χ1v) is 20.4. The normalized spacial score (nSPS) is 12.0. The molecule has 4 aromatic heterocycles. The number of rotatable bonds is 5. The molecule has 0 amide bonds. The number of fused-ring (bicyclic) bond motifs is 14. The zero-order valence-corrected chi connectivity index (χ0v) is 32.3. The van der Waals surface area contributed by atoms with Crippen LogP contribution in [0, 0.1) is 0 Å². The van der Waals surface area contributed by atoms with Gasteiger partial charge in [-0.2, -0.15) is 0 Å². The average molecular weight is 767 g/mol. The summed E-state index contributed by atoms with van der Waals surface area (Å²) in [6, 6.07) is 73.8. The van der Waals surface area contributed by atoms with E-state index in [9.17, 15) is 0 Å². The van der Waals surface area contributed by atoms with Gasteiger partial charge in [0.1, 0.15) is 22.3 Å². The Bertz CT molecular complexity index is 3720. The van der Waals surface area contributed by atoms with Gasteiger partial charge in [0.2, 0.25) is 0 Å². The molecule has 13 rings (SSSR count). The molecule has 0 radical (unpaired) electrons. The summed E-state index contributed by atoms with van der Waals surface area (Å²) >= 11 is 0. The maximum Gasteiger partial charge on any atom is 0.137 e. The number of hydrogen-bond donors (Lipinski definition) is 0. The lowest BCUT2D eigenvalue weighted by molar-refractivity contribution is 0.669. The number of hydrogen-bond acceptors (Lipinski definition) is 3. The summed E-state index contributed by atoms with van der Waals surface area (Å²) in [4.78, 5) is 2.29. The number of anilines is 3. The summed E-state index contributed by atoms with van der Waals surface area (Å²) in [5.41, 5.74) is 14.9. The van der Waals surface area contributed by atoms with Crippen LogP contribution in [0.1, 0.15) is 0 Å². The van der Waals surface area contributed by atoms with Gasteiger partial charge in [0.15, 0.2) is 0 Å². The Balaban J connectivity index is 1.01. The van der Waals surface area contributed by atoms with Crippen LogP contribution in [0.2, 0.25) is 0 Å². The van der Waals surface area contributed by atoms with Crippen LogP contribution in [0.3, 0.4) is 0 Å². The quantitative estimate of drug-likeness (QED) is 0.164. The van der Waals surface area contributed by atoms with Crippen LogP contribution in [-0.4, -0.2) is 4.40 Å². The van der Waals surface area contributed by atoms with Gasteiger partial charge in [-0.1, -0.05) is 133 Å². The molecule has 13 aromatic rings. The standard InChI is InChI=1S/C56H34N2O2/c1-2-13-36(14-3-1)54-47-19-6-9-21-48(47)58-49-22-12-20-40(55(49)45-17-4-5-18-46(45)56(54)58)35-25-27-37(28-26-35)57(38-29-31-43-41-15-7-10-23-50(41)59-52(43)33-38)39-30-32-44-42-16-8-11-24-51(42)60-53(44)34-39/h1-34H. The second kappa shape index (κ2) is 12.7. The maximum absolute atomic E-state index is 6.41. The Labute approximate surface area is 344 Å². The fourth-order valence-electron chi connectivity index (χ4n) is 9.74. The van der Waals surface area contributed by atoms with Gasteiger partial charge < -0.3 is 18.1 Å². The van der Waals surface area contributed by atoms with Crippen molar-refractivity contribution in [3.63, 3.8) is 0 Å².